The molecule has 0 spiro atoms. The van der Waals surface area contributed by atoms with Crippen LogP contribution in [0.2, 0.25) is 0 Å². The molecule has 1 aliphatic heterocycles. The van der Waals surface area contributed by atoms with Crippen LogP contribution < -0.4 is 14.8 Å². The Bertz CT molecular complexity index is 1080. The molecule has 34 heavy (non-hydrogen) atoms. The highest BCUT2D eigenvalue weighted by Crippen LogP contribution is 2.28. The quantitative estimate of drug-likeness (QED) is 0.550. The van der Waals surface area contributed by atoms with Crippen molar-refractivity contribution >= 4 is 15.9 Å². The molecule has 0 aliphatic carbocycles. The Morgan fingerprint density at radius 1 is 1.03 bits per heavy atom. The summed E-state index contributed by atoms with van der Waals surface area (Å²) in [5.74, 6) is 1.05. The first kappa shape index (κ1) is 26.0. The molecule has 1 aliphatic rings. The van der Waals surface area contributed by atoms with Gasteiger partial charge in [-0.3, -0.25) is 4.79 Å². The lowest BCUT2D eigenvalue weighted by molar-refractivity contribution is -0.0440. The number of rotatable bonds is 10. The van der Waals surface area contributed by atoms with Crippen LogP contribution in [0.5, 0.6) is 11.5 Å². The Morgan fingerprint density at radius 2 is 1.71 bits per heavy atom. The van der Waals surface area contributed by atoms with E-state index >= 15 is 0 Å². The van der Waals surface area contributed by atoms with E-state index in [9.17, 15) is 13.2 Å². The van der Waals surface area contributed by atoms with Gasteiger partial charge in [0.15, 0.2) is 11.5 Å². The summed E-state index contributed by atoms with van der Waals surface area (Å²) in [6.07, 6.45) is 0.228. The van der Waals surface area contributed by atoms with Crippen LogP contribution in [0.4, 0.5) is 0 Å². The standard InChI is InChI=1S/C25H34N2O6S/c1-5-31-23-11-10-20(14-24(23)32-6-2)12-13-26-25(28)21-8-7-9-22(15-21)34(29,30)27-16-18(3)33-19(4)17-27/h7-11,14-15,18-19H,5-6,12-13,16-17H2,1-4H3,(H,26,28). The number of morpholine rings is 1. The van der Waals surface area contributed by atoms with Crippen LogP contribution in [0.3, 0.4) is 0 Å². The van der Waals surface area contributed by atoms with E-state index in [-0.39, 0.29) is 36.1 Å². The first-order valence-corrected chi connectivity index (χ1v) is 13.1. The molecule has 0 radical (unpaired) electrons. The number of nitrogens with one attached hydrogen (secondary N) is 1. The van der Waals surface area contributed by atoms with Gasteiger partial charge < -0.3 is 19.5 Å². The molecule has 2 unspecified atom stereocenters. The fourth-order valence-electron chi connectivity index (χ4n) is 3.95. The first-order chi connectivity index (χ1) is 16.2. The van der Waals surface area contributed by atoms with E-state index in [1.54, 1.807) is 12.1 Å². The Labute approximate surface area is 202 Å². The van der Waals surface area contributed by atoms with Gasteiger partial charge in [-0.2, -0.15) is 4.31 Å². The van der Waals surface area contributed by atoms with E-state index in [1.807, 2.05) is 45.9 Å². The minimum atomic E-state index is -3.72. The van der Waals surface area contributed by atoms with Crippen LogP contribution in [0.1, 0.15) is 43.6 Å². The molecule has 0 bridgehead atoms. The van der Waals surface area contributed by atoms with Crippen LogP contribution in [0.15, 0.2) is 47.4 Å². The van der Waals surface area contributed by atoms with Gasteiger partial charge in [-0.25, -0.2) is 8.42 Å². The highest BCUT2D eigenvalue weighted by Gasteiger charge is 2.32. The summed E-state index contributed by atoms with van der Waals surface area (Å²) < 4.78 is 44.6. The number of hydrogen-bond acceptors (Lipinski definition) is 6. The molecule has 0 aromatic heterocycles. The average molecular weight is 491 g/mol. The molecule has 8 nitrogen and oxygen atoms in total. The predicted molar refractivity (Wildman–Crippen MR) is 130 cm³/mol. The Balaban J connectivity index is 1.64. The number of amides is 1. The summed E-state index contributed by atoms with van der Waals surface area (Å²) in [7, 11) is -3.72. The number of nitrogens with zero attached hydrogens (tertiary/aromatic N) is 1. The first-order valence-electron chi connectivity index (χ1n) is 11.7. The summed E-state index contributed by atoms with van der Waals surface area (Å²) in [6.45, 7) is 9.58. The summed E-state index contributed by atoms with van der Waals surface area (Å²) in [4.78, 5) is 12.8. The fraction of sp³-hybridized carbons (Fsp3) is 0.480. The molecule has 1 fully saturated rings. The molecular formula is C25H34N2O6S. The van der Waals surface area contributed by atoms with Crippen molar-refractivity contribution < 1.29 is 27.4 Å². The van der Waals surface area contributed by atoms with Crippen molar-refractivity contribution in [2.45, 2.75) is 51.2 Å². The number of benzene rings is 2. The van der Waals surface area contributed by atoms with Crippen molar-refractivity contribution in [2.75, 3.05) is 32.8 Å². The number of carbonyl (C=O) groups excluding carboxylic acids is 1. The predicted octanol–water partition coefficient (Wildman–Crippen LogP) is 3.25. The molecular weight excluding hydrogens is 456 g/mol. The number of ether oxygens (including phenoxy) is 3. The molecule has 2 aromatic rings. The molecule has 1 N–H and O–H groups in total. The van der Waals surface area contributed by atoms with Crippen LogP contribution in [-0.2, 0) is 21.2 Å². The van der Waals surface area contributed by atoms with Crippen LogP contribution in [0.25, 0.3) is 0 Å². The summed E-state index contributed by atoms with van der Waals surface area (Å²) in [5, 5.41) is 2.87. The monoisotopic (exact) mass is 490 g/mol. The van der Waals surface area contributed by atoms with E-state index < -0.39 is 10.0 Å². The van der Waals surface area contributed by atoms with Gasteiger partial charge in [-0.05, 0) is 70.0 Å². The van der Waals surface area contributed by atoms with Crippen LogP contribution in [0, 0.1) is 0 Å². The second-order valence-electron chi connectivity index (χ2n) is 8.26. The zero-order valence-electron chi connectivity index (χ0n) is 20.2. The summed E-state index contributed by atoms with van der Waals surface area (Å²) >= 11 is 0. The fourth-order valence-corrected chi connectivity index (χ4v) is 5.58. The number of sulfonamides is 1. The van der Waals surface area contributed by atoms with E-state index in [2.05, 4.69) is 5.32 Å². The molecule has 1 heterocycles. The molecule has 2 aromatic carbocycles. The zero-order valence-corrected chi connectivity index (χ0v) is 21.1. The van der Waals surface area contributed by atoms with Crippen molar-refractivity contribution in [3.8, 4) is 11.5 Å². The lowest BCUT2D eigenvalue weighted by Gasteiger charge is -2.34. The molecule has 1 saturated heterocycles. The van der Waals surface area contributed by atoms with E-state index in [0.29, 0.717) is 43.2 Å². The maximum absolute atomic E-state index is 13.1. The normalized spacial score (nSPS) is 18.9. The maximum Gasteiger partial charge on any atom is 0.251 e. The Morgan fingerprint density at radius 3 is 2.38 bits per heavy atom. The molecule has 1 amide bonds. The SMILES string of the molecule is CCOc1ccc(CCNC(=O)c2cccc(S(=O)(=O)N3CC(C)OC(C)C3)c2)cc1OCC. The van der Waals surface area contributed by atoms with Crippen LogP contribution >= 0.6 is 0 Å². The van der Waals surface area contributed by atoms with Crippen molar-refractivity contribution in [1.29, 1.82) is 0 Å². The van der Waals surface area contributed by atoms with Gasteiger partial charge in [0.05, 0.1) is 30.3 Å². The van der Waals surface area contributed by atoms with E-state index in [4.69, 9.17) is 14.2 Å². The maximum atomic E-state index is 13.1. The van der Waals surface area contributed by atoms with E-state index in [1.165, 1.54) is 16.4 Å². The van der Waals surface area contributed by atoms with Crippen molar-refractivity contribution in [3.05, 3.63) is 53.6 Å². The highest BCUT2D eigenvalue weighted by molar-refractivity contribution is 7.89. The Hall–Kier alpha value is -2.62. The minimum Gasteiger partial charge on any atom is -0.490 e. The van der Waals surface area contributed by atoms with Gasteiger partial charge in [0.1, 0.15) is 0 Å². The van der Waals surface area contributed by atoms with E-state index in [0.717, 1.165) is 5.56 Å². The summed E-state index contributed by atoms with van der Waals surface area (Å²) in [6, 6.07) is 11.9. The lowest BCUT2D eigenvalue weighted by Crippen LogP contribution is -2.48. The van der Waals surface area contributed by atoms with Gasteiger partial charge in [0, 0.05) is 25.2 Å². The summed E-state index contributed by atoms with van der Waals surface area (Å²) in [5.41, 5.74) is 1.30. The molecule has 9 heteroatoms. The number of hydrogen-bond donors (Lipinski definition) is 1. The molecule has 2 atom stereocenters. The second kappa shape index (κ2) is 11.7. The molecule has 186 valence electrons. The lowest BCUT2D eigenvalue weighted by atomic mass is 10.1. The smallest absolute Gasteiger partial charge is 0.251 e. The topological polar surface area (TPSA) is 94.2 Å². The third kappa shape index (κ3) is 6.49. The van der Waals surface area contributed by atoms with Crippen molar-refractivity contribution in [3.63, 3.8) is 0 Å². The Kier molecular flexibility index (Phi) is 8.93. The van der Waals surface area contributed by atoms with Gasteiger partial charge >= 0.3 is 0 Å². The van der Waals surface area contributed by atoms with Crippen molar-refractivity contribution in [2.24, 2.45) is 0 Å². The van der Waals surface area contributed by atoms with Crippen LogP contribution in [-0.4, -0.2) is 63.7 Å². The van der Waals surface area contributed by atoms with Gasteiger partial charge in [0.25, 0.3) is 5.91 Å². The average Bonchev–Trinajstić information content (AvgIpc) is 2.80. The molecule has 0 saturated carbocycles. The zero-order chi connectivity index (χ0) is 24.7. The largest absolute Gasteiger partial charge is 0.490 e. The van der Waals surface area contributed by atoms with Gasteiger partial charge in [-0.1, -0.05) is 12.1 Å². The van der Waals surface area contributed by atoms with Gasteiger partial charge in [0.2, 0.25) is 10.0 Å². The van der Waals surface area contributed by atoms with Gasteiger partial charge in [-0.15, -0.1) is 0 Å². The third-order valence-corrected chi connectivity index (χ3v) is 7.25. The number of carbonyl (C=O) groups is 1. The third-order valence-electron chi connectivity index (χ3n) is 5.43. The highest BCUT2D eigenvalue weighted by atomic mass is 32.2. The second-order valence-corrected chi connectivity index (χ2v) is 10.2. The van der Waals surface area contributed by atoms with Crippen molar-refractivity contribution in [1.82, 2.24) is 9.62 Å². The molecule has 3 rings (SSSR count). The minimum absolute atomic E-state index is 0.106.